The lowest BCUT2D eigenvalue weighted by Crippen LogP contribution is -2.53. The predicted octanol–water partition coefficient (Wildman–Crippen LogP) is 3.29. The maximum absolute atomic E-state index is 12.9. The summed E-state index contributed by atoms with van der Waals surface area (Å²) in [6, 6.07) is 19.9. The lowest BCUT2D eigenvalue weighted by molar-refractivity contribution is -0.130. The highest BCUT2D eigenvalue weighted by atomic mass is 16.5. The van der Waals surface area contributed by atoms with Crippen LogP contribution in [0.1, 0.15) is 26.3 Å². The lowest BCUT2D eigenvalue weighted by atomic mass is 10.1. The first-order valence-electron chi connectivity index (χ1n) is 11.0. The number of benzene rings is 2. The topological polar surface area (TPSA) is 68.6 Å². The molecule has 0 radical (unpaired) electrons. The third-order valence-corrected chi connectivity index (χ3v) is 5.76. The van der Waals surface area contributed by atoms with E-state index in [1.807, 2.05) is 26.0 Å². The molecule has 1 amide bonds. The molecule has 1 aliphatic rings. The maximum atomic E-state index is 12.9. The van der Waals surface area contributed by atoms with Crippen molar-refractivity contribution in [3.8, 4) is 11.8 Å². The van der Waals surface area contributed by atoms with E-state index in [4.69, 9.17) is 4.74 Å². The van der Waals surface area contributed by atoms with Crippen LogP contribution in [0.15, 0.2) is 54.6 Å². The number of nitriles is 1. The van der Waals surface area contributed by atoms with Gasteiger partial charge in [0.1, 0.15) is 11.8 Å². The average molecular weight is 421 g/mol. The first-order valence-corrected chi connectivity index (χ1v) is 11.0. The van der Waals surface area contributed by atoms with Crippen LogP contribution in [0, 0.1) is 17.2 Å². The summed E-state index contributed by atoms with van der Waals surface area (Å²) in [5.74, 6) is 0.290. The first kappa shape index (κ1) is 22.6. The molecule has 2 aromatic carbocycles. The molecule has 2 unspecified atom stereocenters. The van der Waals surface area contributed by atoms with E-state index in [1.165, 1.54) is 5.69 Å². The highest BCUT2D eigenvalue weighted by Crippen LogP contribution is 2.21. The fourth-order valence-electron chi connectivity index (χ4n) is 3.83. The number of carbonyl (C=O) groups excluding carboxylic acids is 1. The van der Waals surface area contributed by atoms with Gasteiger partial charge in [0.25, 0.3) is 5.91 Å². The van der Waals surface area contributed by atoms with Gasteiger partial charge in [-0.2, -0.15) is 5.26 Å². The molecule has 3 rings (SSSR count). The van der Waals surface area contributed by atoms with Crippen LogP contribution in [0.3, 0.4) is 0 Å². The van der Waals surface area contributed by atoms with Crippen LogP contribution < -0.4 is 15.0 Å². The first-order chi connectivity index (χ1) is 15.0. The Balaban J connectivity index is 1.51. The summed E-state index contributed by atoms with van der Waals surface area (Å²) in [4.78, 5) is 17.7. The minimum atomic E-state index is -0.642. The van der Waals surface area contributed by atoms with E-state index < -0.39 is 6.10 Å². The van der Waals surface area contributed by atoms with Crippen LogP contribution in [0.25, 0.3) is 0 Å². The molecular formula is C25H32N4O2. The molecule has 164 valence electrons. The monoisotopic (exact) mass is 420 g/mol. The second kappa shape index (κ2) is 10.8. The summed E-state index contributed by atoms with van der Waals surface area (Å²) in [7, 11) is 0. The number of hydrogen-bond donors (Lipinski definition) is 1. The highest BCUT2D eigenvalue weighted by molar-refractivity contribution is 5.81. The number of amides is 1. The minimum Gasteiger partial charge on any atom is -0.479 e. The molecule has 1 N–H and O–H groups in total. The smallest absolute Gasteiger partial charge is 0.261 e. The Morgan fingerprint density at radius 2 is 1.68 bits per heavy atom. The van der Waals surface area contributed by atoms with Gasteiger partial charge in [-0.25, -0.2) is 0 Å². The molecule has 31 heavy (non-hydrogen) atoms. The third kappa shape index (κ3) is 5.99. The molecule has 0 bridgehead atoms. The second-order valence-electron chi connectivity index (χ2n) is 8.34. The molecule has 6 heteroatoms. The Labute approximate surface area is 185 Å². The number of piperazine rings is 1. The SMILES string of the molecule is CC(C)C(Oc1ccccc1C#N)C(=O)NCC(C)N1CCN(c2ccccc2)CC1. The predicted molar refractivity (Wildman–Crippen MR) is 123 cm³/mol. The number of nitrogens with zero attached hydrogens (tertiary/aromatic N) is 3. The molecule has 0 spiro atoms. The molecule has 1 heterocycles. The summed E-state index contributed by atoms with van der Waals surface area (Å²) in [6.45, 7) is 10.5. The molecule has 1 fully saturated rings. The summed E-state index contributed by atoms with van der Waals surface area (Å²) in [5, 5.41) is 12.3. The van der Waals surface area contributed by atoms with Gasteiger partial charge in [-0.1, -0.05) is 44.2 Å². The number of hydrogen-bond acceptors (Lipinski definition) is 5. The van der Waals surface area contributed by atoms with Crippen molar-refractivity contribution in [3.05, 3.63) is 60.2 Å². The molecule has 0 aromatic heterocycles. The number of para-hydroxylation sites is 2. The lowest BCUT2D eigenvalue weighted by Gasteiger charge is -2.39. The van der Waals surface area contributed by atoms with E-state index in [2.05, 4.69) is 52.4 Å². The van der Waals surface area contributed by atoms with Gasteiger partial charge in [0.15, 0.2) is 6.10 Å². The molecule has 2 atom stereocenters. The van der Waals surface area contributed by atoms with E-state index in [1.54, 1.807) is 18.2 Å². The maximum Gasteiger partial charge on any atom is 0.261 e. The van der Waals surface area contributed by atoms with Crippen molar-refractivity contribution in [1.82, 2.24) is 10.2 Å². The fourth-order valence-corrected chi connectivity index (χ4v) is 3.83. The van der Waals surface area contributed by atoms with Gasteiger partial charge in [0.05, 0.1) is 5.56 Å². The molecule has 1 saturated heterocycles. The number of anilines is 1. The number of carbonyl (C=O) groups is 1. The molecule has 6 nitrogen and oxygen atoms in total. The third-order valence-electron chi connectivity index (χ3n) is 5.76. The average Bonchev–Trinajstić information content (AvgIpc) is 2.81. The Morgan fingerprint density at radius 3 is 2.32 bits per heavy atom. The largest absolute Gasteiger partial charge is 0.479 e. The van der Waals surface area contributed by atoms with Gasteiger partial charge in [-0.15, -0.1) is 0 Å². The van der Waals surface area contributed by atoms with Gasteiger partial charge in [0, 0.05) is 44.5 Å². The van der Waals surface area contributed by atoms with Crippen molar-refractivity contribution in [1.29, 1.82) is 5.26 Å². The van der Waals surface area contributed by atoms with Gasteiger partial charge in [0.2, 0.25) is 0 Å². The normalized spacial score (nSPS) is 16.4. The zero-order chi connectivity index (χ0) is 22.2. The Hall–Kier alpha value is -3.04. The fraction of sp³-hybridized carbons (Fsp3) is 0.440. The molecular weight excluding hydrogens is 388 g/mol. The van der Waals surface area contributed by atoms with E-state index >= 15 is 0 Å². The zero-order valence-electron chi connectivity index (χ0n) is 18.6. The van der Waals surface area contributed by atoms with E-state index in [0.29, 0.717) is 17.9 Å². The van der Waals surface area contributed by atoms with Crippen molar-refractivity contribution in [3.63, 3.8) is 0 Å². The van der Waals surface area contributed by atoms with E-state index in [-0.39, 0.29) is 17.9 Å². The van der Waals surface area contributed by atoms with Crippen molar-refractivity contribution in [2.75, 3.05) is 37.6 Å². The molecule has 2 aromatic rings. The van der Waals surface area contributed by atoms with Crippen LogP contribution in [0.2, 0.25) is 0 Å². The van der Waals surface area contributed by atoms with Gasteiger partial charge in [-0.05, 0) is 37.1 Å². The van der Waals surface area contributed by atoms with Crippen molar-refractivity contribution in [2.45, 2.75) is 32.9 Å². The number of ether oxygens (including phenoxy) is 1. The summed E-state index contributed by atoms with van der Waals surface area (Å²) in [6.07, 6.45) is -0.642. The van der Waals surface area contributed by atoms with Crippen LogP contribution in [-0.2, 0) is 4.79 Å². The van der Waals surface area contributed by atoms with Gasteiger partial charge < -0.3 is 15.0 Å². The standard InChI is InChI=1S/C25H32N4O2/c1-19(2)24(31-23-12-8-7-9-21(23)17-26)25(30)27-18-20(3)28-13-15-29(16-14-28)22-10-5-4-6-11-22/h4-12,19-20,24H,13-16,18H2,1-3H3,(H,27,30). The molecule has 0 saturated carbocycles. The summed E-state index contributed by atoms with van der Waals surface area (Å²) in [5.41, 5.74) is 1.70. The molecule has 1 aliphatic heterocycles. The highest BCUT2D eigenvalue weighted by Gasteiger charge is 2.27. The van der Waals surface area contributed by atoms with Crippen LogP contribution in [-0.4, -0.2) is 55.7 Å². The zero-order valence-corrected chi connectivity index (χ0v) is 18.6. The Morgan fingerprint density at radius 1 is 1.03 bits per heavy atom. The Kier molecular flexibility index (Phi) is 7.91. The van der Waals surface area contributed by atoms with Gasteiger partial charge >= 0.3 is 0 Å². The summed E-state index contributed by atoms with van der Waals surface area (Å²) >= 11 is 0. The van der Waals surface area contributed by atoms with Crippen LogP contribution in [0.5, 0.6) is 5.75 Å². The number of rotatable bonds is 8. The minimum absolute atomic E-state index is 0.0172. The van der Waals surface area contributed by atoms with Crippen molar-refractivity contribution >= 4 is 11.6 Å². The van der Waals surface area contributed by atoms with E-state index in [0.717, 1.165) is 26.2 Å². The van der Waals surface area contributed by atoms with Crippen LogP contribution >= 0.6 is 0 Å². The van der Waals surface area contributed by atoms with Gasteiger partial charge in [-0.3, -0.25) is 9.69 Å². The molecule has 0 aliphatic carbocycles. The number of nitrogens with one attached hydrogen (secondary N) is 1. The van der Waals surface area contributed by atoms with Crippen LogP contribution in [0.4, 0.5) is 5.69 Å². The quantitative estimate of drug-likeness (QED) is 0.710. The second-order valence-corrected chi connectivity index (χ2v) is 8.34. The van der Waals surface area contributed by atoms with Crippen molar-refractivity contribution in [2.24, 2.45) is 5.92 Å². The Bertz CT molecular complexity index is 886. The summed E-state index contributed by atoms with van der Waals surface area (Å²) < 4.78 is 5.95. The van der Waals surface area contributed by atoms with E-state index in [9.17, 15) is 10.1 Å². The van der Waals surface area contributed by atoms with Crippen molar-refractivity contribution < 1.29 is 9.53 Å².